The molecule has 0 amide bonds. The second-order valence-electron chi connectivity index (χ2n) is 12.7. The highest BCUT2D eigenvalue weighted by atomic mass is 79.9. The van der Waals surface area contributed by atoms with Crippen molar-refractivity contribution in [3.05, 3.63) is 71.4 Å². The number of fused-ring (bicyclic) bond motifs is 1. The van der Waals surface area contributed by atoms with Crippen LogP contribution in [0.1, 0.15) is 133 Å². The summed E-state index contributed by atoms with van der Waals surface area (Å²) in [7, 11) is 1.74. The third-order valence-electron chi connectivity index (χ3n) is 9.28. The molecule has 0 unspecified atom stereocenters. The van der Waals surface area contributed by atoms with E-state index in [0.717, 1.165) is 60.4 Å². The molecule has 0 saturated heterocycles. The first-order valence-corrected chi connectivity index (χ1v) is 17.9. The zero-order valence-electron chi connectivity index (χ0n) is 28.7. The number of ether oxygens (including phenoxy) is 2. The van der Waals surface area contributed by atoms with Crippen molar-refractivity contribution in [2.24, 2.45) is 0 Å². The molecule has 4 nitrogen and oxygen atoms in total. The molecule has 4 rings (SSSR count). The molecule has 0 aliphatic carbocycles. The van der Waals surface area contributed by atoms with Crippen LogP contribution in [0.4, 0.5) is 4.39 Å². The number of nitrogens with zero attached hydrogens (tertiary/aromatic N) is 1. The van der Waals surface area contributed by atoms with Gasteiger partial charge in [0, 0.05) is 35.1 Å². The minimum atomic E-state index is -0.137. The largest absolute Gasteiger partial charge is 1.00 e. The van der Waals surface area contributed by atoms with E-state index >= 15 is 0 Å². The first kappa shape index (κ1) is 37.9. The fraction of sp³-hybridized carbons (Fsp3) is 0.575. The van der Waals surface area contributed by atoms with Gasteiger partial charge in [0.05, 0.1) is 31.8 Å². The molecule has 0 saturated carbocycles. The number of hydrogen-bond donors (Lipinski definition) is 0. The Hall–Kier alpha value is -2.60. The van der Waals surface area contributed by atoms with Crippen molar-refractivity contribution in [1.82, 2.24) is 0 Å². The predicted molar refractivity (Wildman–Crippen MR) is 184 cm³/mol. The van der Waals surface area contributed by atoms with Crippen molar-refractivity contribution in [3.63, 3.8) is 0 Å². The first-order valence-electron chi connectivity index (χ1n) is 17.9. The number of unbranched alkanes of at least 4 members (excludes halogenated alkanes) is 13. The topological polar surface area (TPSA) is 34.6 Å². The second kappa shape index (κ2) is 21.3. The van der Waals surface area contributed by atoms with Crippen molar-refractivity contribution < 1.29 is 39.8 Å². The maximum absolute atomic E-state index is 14.9. The average Bonchev–Trinajstić information content (AvgIpc) is 3.60. The summed E-state index contributed by atoms with van der Waals surface area (Å²) in [6, 6.07) is 11.5. The molecule has 0 radical (unpaired) electrons. The molecule has 2 aromatic carbocycles. The smallest absolute Gasteiger partial charge is 0.184 e. The summed E-state index contributed by atoms with van der Waals surface area (Å²) < 4.78 is 35.5. The molecule has 0 fully saturated rings. The van der Waals surface area contributed by atoms with Gasteiger partial charge in [0.25, 0.3) is 0 Å². The standard InChI is InChI=1S/C40H57FNO3.BrH/c1-4-6-8-10-12-13-14-15-17-23-38-36-29-35(33-25-28-44-31-33)39(43-3)40(45-27-20-16-11-9-7-5-2)34(36)24-26-42(38)30-32-21-18-19-22-37(32)41;/h18-19,21-22,25,28-29,31H,4-17,20,23-24,26-27,30H2,1-3H3;1H/q+1;/p-1. The maximum Gasteiger partial charge on any atom is 0.184 e. The van der Waals surface area contributed by atoms with E-state index in [4.69, 9.17) is 13.9 Å². The van der Waals surface area contributed by atoms with Crippen LogP contribution in [0.3, 0.4) is 0 Å². The van der Waals surface area contributed by atoms with E-state index in [0.29, 0.717) is 13.2 Å². The second-order valence-corrected chi connectivity index (χ2v) is 12.7. The molecule has 0 bridgehead atoms. The van der Waals surface area contributed by atoms with E-state index in [1.807, 2.05) is 18.2 Å². The summed E-state index contributed by atoms with van der Waals surface area (Å²) in [6.45, 7) is 6.60. The van der Waals surface area contributed by atoms with Gasteiger partial charge >= 0.3 is 0 Å². The molecular weight excluding hydrogens is 641 g/mol. The normalized spacial score (nSPS) is 12.6. The Labute approximate surface area is 288 Å². The van der Waals surface area contributed by atoms with Gasteiger partial charge in [-0.3, -0.25) is 0 Å². The summed E-state index contributed by atoms with van der Waals surface area (Å²) in [4.78, 5) is 0. The average molecular weight is 699 g/mol. The molecule has 6 heteroatoms. The van der Waals surface area contributed by atoms with Crippen LogP contribution in [0.2, 0.25) is 0 Å². The van der Waals surface area contributed by atoms with E-state index in [1.54, 1.807) is 31.8 Å². The van der Waals surface area contributed by atoms with E-state index in [-0.39, 0.29) is 22.8 Å². The summed E-state index contributed by atoms with van der Waals surface area (Å²) in [5.41, 5.74) is 6.44. The lowest BCUT2D eigenvalue weighted by Crippen LogP contribution is -3.00. The number of methoxy groups -OCH3 is 1. The first-order chi connectivity index (χ1) is 22.2. The molecule has 1 aliphatic rings. The zero-order chi connectivity index (χ0) is 31.7. The van der Waals surface area contributed by atoms with E-state index in [2.05, 4.69) is 24.5 Å². The highest BCUT2D eigenvalue weighted by Crippen LogP contribution is 2.44. The Morgan fingerprint density at radius 2 is 1.43 bits per heavy atom. The van der Waals surface area contributed by atoms with Crippen LogP contribution in [0.25, 0.3) is 11.1 Å². The molecule has 0 spiro atoms. The molecule has 0 N–H and O–H groups in total. The fourth-order valence-electron chi connectivity index (χ4n) is 6.68. The number of furan rings is 1. The highest BCUT2D eigenvalue weighted by Gasteiger charge is 2.32. The summed E-state index contributed by atoms with van der Waals surface area (Å²) >= 11 is 0. The minimum absolute atomic E-state index is 0. The van der Waals surface area contributed by atoms with Crippen LogP contribution in [0, 0.1) is 5.82 Å². The van der Waals surface area contributed by atoms with Gasteiger partial charge in [-0.2, -0.15) is 0 Å². The number of halogens is 2. The van der Waals surface area contributed by atoms with E-state index in [9.17, 15) is 4.39 Å². The van der Waals surface area contributed by atoms with Crippen molar-refractivity contribution in [2.45, 2.75) is 130 Å². The lowest BCUT2D eigenvalue weighted by Gasteiger charge is -2.25. The SMILES string of the molecule is CCCCCCCCCCCC1=[N+](Cc2ccccc2F)CCc2c1cc(-c1ccoc1)c(OC)c2OCCCCCCCC.[Br-]. The Morgan fingerprint density at radius 1 is 0.783 bits per heavy atom. The zero-order valence-corrected chi connectivity index (χ0v) is 30.3. The Morgan fingerprint density at radius 3 is 2.07 bits per heavy atom. The minimum Gasteiger partial charge on any atom is -1.00 e. The van der Waals surface area contributed by atoms with Crippen LogP contribution in [0.5, 0.6) is 11.5 Å². The van der Waals surface area contributed by atoms with Crippen LogP contribution in [-0.2, 0) is 13.0 Å². The van der Waals surface area contributed by atoms with Crippen molar-refractivity contribution in [2.75, 3.05) is 20.3 Å². The summed E-state index contributed by atoms with van der Waals surface area (Å²) in [6.07, 6.45) is 24.2. The quantitative estimate of drug-likeness (QED) is 0.0783. The third-order valence-corrected chi connectivity index (χ3v) is 9.28. The van der Waals surface area contributed by atoms with Crippen molar-refractivity contribution >= 4 is 5.71 Å². The monoisotopic (exact) mass is 697 g/mol. The molecule has 1 aliphatic heterocycles. The van der Waals surface area contributed by atoms with Gasteiger partial charge in [-0.25, -0.2) is 8.97 Å². The Bertz CT molecular complexity index is 1320. The predicted octanol–water partition coefficient (Wildman–Crippen LogP) is 8.32. The van der Waals surface area contributed by atoms with Crippen molar-refractivity contribution in [3.8, 4) is 22.6 Å². The summed E-state index contributed by atoms with van der Waals surface area (Å²) in [5.74, 6) is 1.52. The van der Waals surface area contributed by atoms with Gasteiger partial charge < -0.3 is 30.9 Å². The molecule has 3 aromatic rings. The van der Waals surface area contributed by atoms with Gasteiger partial charge in [-0.15, -0.1) is 0 Å². The molecule has 1 aromatic heterocycles. The number of rotatable bonds is 22. The van der Waals surface area contributed by atoms with Gasteiger partial charge in [-0.05, 0) is 37.1 Å². The van der Waals surface area contributed by atoms with Gasteiger partial charge in [0.1, 0.15) is 12.4 Å². The highest BCUT2D eigenvalue weighted by molar-refractivity contribution is 6.01. The van der Waals surface area contributed by atoms with Crippen molar-refractivity contribution in [1.29, 1.82) is 0 Å². The van der Waals surface area contributed by atoms with E-state index in [1.165, 1.54) is 100 Å². The van der Waals surface area contributed by atoms with Crippen LogP contribution >= 0.6 is 0 Å². The third kappa shape index (κ3) is 11.0. The summed E-state index contributed by atoms with van der Waals surface area (Å²) in [5, 5.41) is 0. The van der Waals surface area contributed by atoms with Crippen LogP contribution in [0.15, 0.2) is 53.3 Å². The van der Waals surface area contributed by atoms with E-state index < -0.39 is 0 Å². The maximum atomic E-state index is 14.9. The molecule has 254 valence electrons. The lowest BCUT2D eigenvalue weighted by molar-refractivity contribution is -0.546. The molecular formula is C40H57BrFNO3. The molecule has 0 atom stereocenters. The lowest BCUT2D eigenvalue weighted by atomic mass is 9.88. The van der Waals surface area contributed by atoms with Crippen LogP contribution < -0.4 is 26.5 Å². The molecule has 2 heterocycles. The van der Waals surface area contributed by atoms with Crippen LogP contribution in [-0.4, -0.2) is 30.5 Å². The fourth-order valence-corrected chi connectivity index (χ4v) is 6.68. The Kier molecular flexibility index (Phi) is 17.5. The number of hydrogen-bond acceptors (Lipinski definition) is 3. The Balaban J connectivity index is 0.00000576. The number of benzene rings is 2. The molecule has 46 heavy (non-hydrogen) atoms. The van der Waals surface area contributed by atoms with Gasteiger partial charge in [0.2, 0.25) is 0 Å². The van der Waals surface area contributed by atoms with Gasteiger partial charge in [-0.1, -0.05) is 109 Å². The van der Waals surface area contributed by atoms with Gasteiger partial charge in [0.15, 0.2) is 23.8 Å².